The summed E-state index contributed by atoms with van der Waals surface area (Å²) in [5.41, 5.74) is 0.921. The largest absolute Gasteiger partial charge is 0.388 e. The van der Waals surface area contributed by atoms with Gasteiger partial charge in [-0.05, 0) is 18.2 Å². The van der Waals surface area contributed by atoms with Gasteiger partial charge in [0.2, 0.25) is 0 Å². The first-order valence-electron chi connectivity index (χ1n) is 4.94. The second-order valence-corrected chi connectivity index (χ2v) is 3.48. The quantitative estimate of drug-likeness (QED) is 0.815. The van der Waals surface area contributed by atoms with Crippen molar-refractivity contribution in [2.45, 2.75) is 0 Å². The maximum absolute atomic E-state index is 13.8. The van der Waals surface area contributed by atoms with E-state index in [1.54, 1.807) is 32.3 Å². The highest BCUT2D eigenvalue weighted by Crippen LogP contribution is 2.29. The molecule has 0 unspecified atom stereocenters. The Labute approximate surface area is 92.3 Å². The highest BCUT2D eigenvalue weighted by Gasteiger charge is 2.11. The SMILES string of the molecule is CNc1ccc2c(F)c(NC)cc(F)c2c1. The fraction of sp³-hybridized carbons (Fsp3) is 0.167. The summed E-state index contributed by atoms with van der Waals surface area (Å²) in [5, 5.41) is 6.08. The molecular weight excluding hydrogens is 210 g/mol. The Morgan fingerprint density at radius 1 is 0.938 bits per heavy atom. The third-order valence-corrected chi connectivity index (χ3v) is 2.58. The average Bonchev–Trinajstić information content (AvgIpc) is 2.33. The molecule has 2 N–H and O–H groups in total. The highest BCUT2D eigenvalue weighted by molar-refractivity contribution is 5.89. The van der Waals surface area contributed by atoms with Gasteiger partial charge in [-0.3, -0.25) is 0 Å². The van der Waals surface area contributed by atoms with E-state index >= 15 is 0 Å². The van der Waals surface area contributed by atoms with Crippen molar-refractivity contribution in [1.82, 2.24) is 0 Å². The van der Waals surface area contributed by atoms with E-state index in [0.29, 0.717) is 0 Å². The molecule has 0 aliphatic carbocycles. The summed E-state index contributed by atoms with van der Waals surface area (Å²) in [4.78, 5) is 0. The molecule has 0 amide bonds. The zero-order chi connectivity index (χ0) is 11.7. The molecular formula is C12H12F2N2. The van der Waals surface area contributed by atoms with Crippen molar-refractivity contribution < 1.29 is 8.78 Å². The molecule has 0 aromatic heterocycles. The Hall–Kier alpha value is -1.84. The molecule has 0 spiro atoms. The molecule has 0 aliphatic rings. The number of halogens is 2. The van der Waals surface area contributed by atoms with Crippen LogP contribution in [0.3, 0.4) is 0 Å². The minimum atomic E-state index is -0.433. The lowest BCUT2D eigenvalue weighted by Gasteiger charge is -2.09. The Bertz CT molecular complexity index is 538. The molecule has 4 heteroatoms. The first-order chi connectivity index (χ1) is 7.67. The van der Waals surface area contributed by atoms with Crippen molar-refractivity contribution in [2.75, 3.05) is 24.7 Å². The van der Waals surface area contributed by atoms with E-state index in [4.69, 9.17) is 0 Å². The van der Waals surface area contributed by atoms with E-state index in [1.807, 2.05) is 0 Å². The molecule has 0 atom stereocenters. The molecule has 2 nitrogen and oxygen atoms in total. The molecule has 0 heterocycles. The fourth-order valence-corrected chi connectivity index (χ4v) is 1.68. The van der Waals surface area contributed by atoms with Crippen LogP contribution in [0, 0.1) is 11.6 Å². The molecule has 16 heavy (non-hydrogen) atoms. The second kappa shape index (κ2) is 3.96. The van der Waals surface area contributed by atoms with Gasteiger partial charge in [-0.2, -0.15) is 0 Å². The standard InChI is InChI=1S/C12H12F2N2/c1-15-7-3-4-8-9(5-7)10(13)6-11(16-2)12(8)14/h3-6,15-16H,1-2H3. The van der Waals surface area contributed by atoms with Crippen molar-refractivity contribution in [3.05, 3.63) is 35.9 Å². The smallest absolute Gasteiger partial charge is 0.154 e. The number of nitrogens with one attached hydrogen (secondary N) is 2. The highest BCUT2D eigenvalue weighted by atomic mass is 19.1. The van der Waals surface area contributed by atoms with Crippen LogP contribution in [-0.2, 0) is 0 Å². The number of anilines is 2. The van der Waals surface area contributed by atoms with Crippen LogP contribution in [0.1, 0.15) is 0 Å². The van der Waals surface area contributed by atoms with Crippen LogP contribution in [0.25, 0.3) is 10.8 Å². The van der Waals surface area contributed by atoms with Gasteiger partial charge in [0.25, 0.3) is 0 Å². The van der Waals surface area contributed by atoms with Gasteiger partial charge in [0.1, 0.15) is 5.82 Å². The molecule has 0 saturated heterocycles. The summed E-state index contributed by atoms with van der Waals surface area (Å²) in [6, 6.07) is 6.04. The first-order valence-corrected chi connectivity index (χ1v) is 4.94. The van der Waals surface area contributed by atoms with E-state index < -0.39 is 11.6 Å². The van der Waals surface area contributed by atoms with Gasteiger partial charge >= 0.3 is 0 Å². The summed E-state index contributed by atoms with van der Waals surface area (Å²) in [7, 11) is 3.29. The van der Waals surface area contributed by atoms with Crippen LogP contribution in [0.15, 0.2) is 24.3 Å². The monoisotopic (exact) mass is 222 g/mol. The van der Waals surface area contributed by atoms with Crippen LogP contribution in [0.2, 0.25) is 0 Å². The lowest BCUT2D eigenvalue weighted by atomic mass is 10.1. The maximum Gasteiger partial charge on any atom is 0.154 e. The summed E-state index contributed by atoms with van der Waals surface area (Å²) >= 11 is 0. The second-order valence-electron chi connectivity index (χ2n) is 3.48. The van der Waals surface area contributed by atoms with E-state index in [0.717, 1.165) is 11.8 Å². The molecule has 84 valence electrons. The van der Waals surface area contributed by atoms with Crippen LogP contribution < -0.4 is 10.6 Å². The van der Waals surface area contributed by atoms with Crippen LogP contribution in [0.4, 0.5) is 20.2 Å². The minimum absolute atomic E-state index is 0.169. The topological polar surface area (TPSA) is 24.1 Å². The maximum atomic E-state index is 13.8. The molecule has 2 aromatic carbocycles. The number of benzene rings is 2. The lowest BCUT2D eigenvalue weighted by Crippen LogP contribution is -1.96. The molecule has 0 aliphatic heterocycles. The van der Waals surface area contributed by atoms with Crippen molar-refractivity contribution in [3.63, 3.8) is 0 Å². The predicted octanol–water partition coefficient (Wildman–Crippen LogP) is 3.20. The van der Waals surface area contributed by atoms with Gasteiger partial charge in [-0.1, -0.05) is 0 Å². The van der Waals surface area contributed by atoms with E-state index in [-0.39, 0.29) is 16.5 Å². The van der Waals surface area contributed by atoms with Crippen LogP contribution in [0.5, 0.6) is 0 Å². The van der Waals surface area contributed by atoms with Crippen molar-refractivity contribution in [3.8, 4) is 0 Å². The van der Waals surface area contributed by atoms with Gasteiger partial charge in [-0.25, -0.2) is 8.78 Å². The number of hydrogen-bond acceptors (Lipinski definition) is 2. The Morgan fingerprint density at radius 3 is 2.31 bits per heavy atom. The lowest BCUT2D eigenvalue weighted by molar-refractivity contribution is 0.620. The van der Waals surface area contributed by atoms with Gasteiger partial charge in [0, 0.05) is 36.6 Å². The fourth-order valence-electron chi connectivity index (χ4n) is 1.68. The Balaban J connectivity index is 2.79. The Morgan fingerprint density at radius 2 is 1.69 bits per heavy atom. The molecule has 0 saturated carbocycles. The van der Waals surface area contributed by atoms with E-state index in [2.05, 4.69) is 10.6 Å². The molecule has 2 rings (SSSR count). The number of fused-ring (bicyclic) bond motifs is 1. The third-order valence-electron chi connectivity index (χ3n) is 2.58. The van der Waals surface area contributed by atoms with Gasteiger partial charge in [0.05, 0.1) is 5.69 Å². The van der Waals surface area contributed by atoms with E-state index in [9.17, 15) is 8.78 Å². The normalized spacial score (nSPS) is 10.5. The van der Waals surface area contributed by atoms with Crippen molar-refractivity contribution in [1.29, 1.82) is 0 Å². The summed E-state index contributed by atoms with van der Waals surface area (Å²) < 4.78 is 27.5. The molecule has 0 fully saturated rings. The van der Waals surface area contributed by atoms with Gasteiger partial charge in [0.15, 0.2) is 5.82 Å². The average molecular weight is 222 g/mol. The first kappa shape index (κ1) is 10.7. The Kier molecular flexibility index (Phi) is 2.64. The zero-order valence-corrected chi connectivity index (χ0v) is 9.07. The summed E-state index contributed by atoms with van der Waals surface area (Å²) in [5.74, 6) is -0.862. The number of rotatable bonds is 2. The van der Waals surface area contributed by atoms with Crippen LogP contribution in [-0.4, -0.2) is 14.1 Å². The summed E-state index contributed by atoms with van der Waals surface area (Å²) in [6.45, 7) is 0. The predicted molar refractivity (Wildman–Crippen MR) is 63.0 cm³/mol. The van der Waals surface area contributed by atoms with Crippen molar-refractivity contribution in [2.24, 2.45) is 0 Å². The van der Waals surface area contributed by atoms with Gasteiger partial charge in [-0.15, -0.1) is 0 Å². The zero-order valence-electron chi connectivity index (χ0n) is 9.07. The van der Waals surface area contributed by atoms with E-state index in [1.165, 1.54) is 0 Å². The molecule has 2 aromatic rings. The summed E-state index contributed by atoms with van der Waals surface area (Å²) in [6.07, 6.45) is 0. The molecule has 0 bridgehead atoms. The third kappa shape index (κ3) is 1.56. The van der Waals surface area contributed by atoms with Gasteiger partial charge < -0.3 is 10.6 Å². The minimum Gasteiger partial charge on any atom is -0.388 e. The van der Waals surface area contributed by atoms with Crippen LogP contribution >= 0.6 is 0 Å². The molecule has 0 radical (unpaired) electrons. The number of hydrogen-bond donors (Lipinski definition) is 2. The van der Waals surface area contributed by atoms with Crippen molar-refractivity contribution >= 4 is 22.1 Å².